The summed E-state index contributed by atoms with van der Waals surface area (Å²) in [6.45, 7) is 36.3. The van der Waals surface area contributed by atoms with Gasteiger partial charge in [0.25, 0.3) is 11.8 Å². The number of allylic oxidation sites excluding steroid dienone is 4. The van der Waals surface area contributed by atoms with Gasteiger partial charge in [-0.1, -0.05) is 152 Å². The Labute approximate surface area is 477 Å². The van der Waals surface area contributed by atoms with E-state index in [0.29, 0.717) is 25.8 Å². The molecule has 10 heteroatoms. The molecule has 1 aromatic carbocycles. The van der Waals surface area contributed by atoms with E-state index in [4.69, 9.17) is 24.7 Å². The Morgan fingerprint density at radius 1 is 0.590 bits per heavy atom. The summed E-state index contributed by atoms with van der Waals surface area (Å²) in [4.78, 5) is 38.8. The van der Waals surface area contributed by atoms with E-state index in [1.54, 1.807) is 0 Å². The maximum atomic E-state index is 13.3. The van der Waals surface area contributed by atoms with Crippen LogP contribution < -0.4 is 25.8 Å². The van der Waals surface area contributed by atoms with Crippen LogP contribution in [0.4, 0.5) is 0 Å². The second kappa shape index (κ2) is 32.7. The molecule has 3 amide bonds. The van der Waals surface area contributed by atoms with Crippen molar-refractivity contribution in [3.8, 4) is 11.5 Å². The van der Waals surface area contributed by atoms with Gasteiger partial charge >= 0.3 is 0 Å². The first-order valence-electron chi connectivity index (χ1n) is 31.9. The van der Waals surface area contributed by atoms with Crippen molar-refractivity contribution in [1.82, 2.24) is 10.6 Å². The molecule has 2 aliphatic heterocycles. The molecule has 4 rings (SSSR count). The third kappa shape index (κ3) is 21.7. The van der Waals surface area contributed by atoms with Crippen molar-refractivity contribution in [2.75, 3.05) is 19.8 Å². The molecule has 1 aromatic rings. The van der Waals surface area contributed by atoms with Crippen LogP contribution in [0, 0.1) is 68.1 Å². The number of amides is 3. The topological polar surface area (TPSA) is 138 Å². The number of unbranched alkanes of at least 4 members (excludes halogenated alkanes) is 1. The molecule has 2 heterocycles. The molecule has 1 unspecified atom stereocenters. The summed E-state index contributed by atoms with van der Waals surface area (Å²) >= 11 is 0. The molecule has 0 spiro atoms. The fourth-order valence-electron chi connectivity index (χ4n) is 13.0. The number of carbonyl (C=O) groups is 3. The van der Waals surface area contributed by atoms with E-state index >= 15 is 0 Å². The van der Waals surface area contributed by atoms with Crippen molar-refractivity contribution >= 4 is 17.7 Å². The van der Waals surface area contributed by atoms with Crippen LogP contribution in [0.25, 0.3) is 0 Å². The van der Waals surface area contributed by atoms with Gasteiger partial charge in [0.15, 0.2) is 13.2 Å². The highest BCUT2D eigenvalue weighted by atomic mass is 16.5. The first kappa shape index (κ1) is 66.8. The highest BCUT2D eigenvalue weighted by Gasteiger charge is 2.43. The number of nitrogens with two attached hydrogens (primary N) is 1. The predicted octanol–water partition coefficient (Wildman–Crippen LogP) is 16.6. The molecule has 1 fully saturated rings. The van der Waals surface area contributed by atoms with Crippen molar-refractivity contribution in [2.45, 2.75) is 289 Å². The van der Waals surface area contributed by atoms with E-state index in [-0.39, 0.29) is 48.1 Å². The smallest absolute Gasteiger partial charge is 0.258 e. The summed E-state index contributed by atoms with van der Waals surface area (Å²) in [6.07, 6.45) is 28.5. The van der Waals surface area contributed by atoms with Gasteiger partial charge in [-0.15, -0.1) is 0 Å². The number of benzene rings is 1. The number of fused-ring (bicyclic) bond motifs is 2. The monoisotopic (exact) mass is 1090 g/mol. The van der Waals surface area contributed by atoms with Crippen molar-refractivity contribution in [1.29, 1.82) is 0 Å². The van der Waals surface area contributed by atoms with Crippen LogP contribution in [0.2, 0.25) is 0 Å². The van der Waals surface area contributed by atoms with Gasteiger partial charge in [0.1, 0.15) is 40.3 Å². The van der Waals surface area contributed by atoms with Crippen LogP contribution in [0.5, 0.6) is 11.5 Å². The molecule has 10 nitrogen and oxygen atoms in total. The van der Waals surface area contributed by atoms with E-state index in [1.165, 1.54) is 108 Å². The van der Waals surface area contributed by atoms with Crippen molar-refractivity contribution in [2.24, 2.45) is 53.1 Å². The molecule has 9 atom stereocenters. The molecule has 0 saturated carbocycles. The highest BCUT2D eigenvalue weighted by molar-refractivity contribution is 5.87. The molecule has 1 saturated heterocycles. The Balaban J connectivity index is 1.15. The maximum absolute atomic E-state index is 13.3. The summed E-state index contributed by atoms with van der Waals surface area (Å²) in [5.41, 5.74) is 11.8. The Hall–Kier alpha value is -3.69. The van der Waals surface area contributed by atoms with E-state index in [9.17, 15) is 14.4 Å². The second-order valence-electron chi connectivity index (χ2n) is 27.2. The third-order valence-electron chi connectivity index (χ3n) is 18.7. The van der Waals surface area contributed by atoms with Gasteiger partial charge in [-0.05, 0) is 182 Å². The molecular formula is C68H117N3O7. The van der Waals surface area contributed by atoms with Crippen LogP contribution in [-0.4, -0.2) is 54.7 Å². The number of hydrogen-bond acceptors (Lipinski definition) is 7. The van der Waals surface area contributed by atoms with Gasteiger partial charge in [0, 0.05) is 23.9 Å². The predicted molar refractivity (Wildman–Crippen MR) is 324 cm³/mol. The normalized spacial score (nSPS) is 22.2. The number of hydrogen-bond donors (Lipinski definition) is 3. The lowest BCUT2D eigenvalue weighted by atomic mass is 9.73. The third-order valence-corrected chi connectivity index (χ3v) is 18.7. The standard InChI is InChI=1S/C68H117N3O7/c1-45(2)25-19-27-47(5)29-21-31-49(7)33-23-38-67(15)40-36-57-55(13)62(51(9)53(11)64(57)77-67)75-43-60(72)70-42-18-17-35-59(66(69)74)71-61(73)44-76-63-52(10)54(12)65-58(56(63)14)37-41-68(16,78-65)39-24-34-50(8)32-22-30-48(6)28-20-26-46(3)4/h45-50,56,58-59H,17-44H2,1-16H3,(H2,69,74)(H,70,72)(H,71,73)/t47-,48-,49-,50-,56+,58?,59+,67-,68-/m1/s1. The highest BCUT2D eigenvalue weighted by Crippen LogP contribution is 2.49. The minimum absolute atomic E-state index is 0.0647. The molecule has 446 valence electrons. The Morgan fingerprint density at radius 3 is 1.62 bits per heavy atom. The van der Waals surface area contributed by atoms with Gasteiger partial charge in [0.2, 0.25) is 5.91 Å². The lowest BCUT2D eigenvalue weighted by Crippen LogP contribution is -2.46. The number of ether oxygens (including phenoxy) is 4. The number of rotatable bonds is 37. The average molecular weight is 1090 g/mol. The van der Waals surface area contributed by atoms with Crippen LogP contribution in [0.15, 0.2) is 22.7 Å². The summed E-state index contributed by atoms with van der Waals surface area (Å²) in [5, 5.41) is 5.78. The van der Waals surface area contributed by atoms with Gasteiger partial charge in [-0.25, -0.2) is 0 Å². The van der Waals surface area contributed by atoms with Crippen molar-refractivity contribution in [3.63, 3.8) is 0 Å². The Kier molecular flexibility index (Phi) is 28.0. The first-order chi connectivity index (χ1) is 36.8. The maximum Gasteiger partial charge on any atom is 0.258 e. The molecule has 0 radical (unpaired) electrons. The molecule has 78 heavy (non-hydrogen) atoms. The fraction of sp³-hybridized carbons (Fsp3) is 0.809. The van der Waals surface area contributed by atoms with Crippen LogP contribution in [0.3, 0.4) is 0 Å². The fourth-order valence-corrected chi connectivity index (χ4v) is 13.0. The SMILES string of the molecule is CC1=C2O[C@](C)(CCC[C@H](C)CCC[C@H](C)CCCC(C)C)CCC2[C@H](C)C(OCC(=O)N[C@@H](CCCCNC(=O)COc2c(C)c(C)c3c(c2C)CC[C@@](C)(CCC[C@H](C)CCC[C@H](C)CCCC(C)C)O3)C(N)=O)=C1C. The van der Waals surface area contributed by atoms with Crippen LogP contribution in [-0.2, 0) is 30.3 Å². The zero-order valence-corrected chi connectivity index (χ0v) is 52.9. The summed E-state index contributed by atoms with van der Waals surface area (Å²) in [7, 11) is 0. The minimum Gasteiger partial charge on any atom is -0.491 e. The second-order valence-corrected chi connectivity index (χ2v) is 27.2. The van der Waals surface area contributed by atoms with Crippen molar-refractivity contribution in [3.05, 3.63) is 44.9 Å². The summed E-state index contributed by atoms with van der Waals surface area (Å²) in [6, 6.07) is -0.838. The molecular weight excluding hydrogens is 971 g/mol. The van der Waals surface area contributed by atoms with Gasteiger partial charge in [-0.2, -0.15) is 0 Å². The lowest BCUT2D eigenvalue weighted by Gasteiger charge is -2.45. The quantitative estimate of drug-likeness (QED) is 0.0564. The van der Waals surface area contributed by atoms with E-state index in [0.717, 1.165) is 125 Å². The van der Waals surface area contributed by atoms with E-state index in [2.05, 4.69) is 121 Å². The van der Waals surface area contributed by atoms with E-state index in [1.807, 2.05) is 0 Å². The molecule has 4 N–H and O–H groups in total. The van der Waals surface area contributed by atoms with Crippen LogP contribution >= 0.6 is 0 Å². The number of carbonyl (C=O) groups excluding carboxylic acids is 3. The zero-order valence-electron chi connectivity index (χ0n) is 52.9. The largest absolute Gasteiger partial charge is 0.491 e. The summed E-state index contributed by atoms with van der Waals surface area (Å²) in [5.74, 6) is 7.49. The van der Waals surface area contributed by atoms with Crippen LogP contribution in [0.1, 0.15) is 266 Å². The number of primary amides is 1. The zero-order chi connectivity index (χ0) is 57.7. The Morgan fingerprint density at radius 2 is 1.09 bits per heavy atom. The average Bonchev–Trinajstić information content (AvgIpc) is 3.48. The molecule has 0 aromatic heterocycles. The first-order valence-corrected chi connectivity index (χ1v) is 31.9. The van der Waals surface area contributed by atoms with Gasteiger partial charge in [0.05, 0.1) is 0 Å². The lowest BCUT2D eigenvalue weighted by molar-refractivity contribution is -0.130. The summed E-state index contributed by atoms with van der Waals surface area (Å²) < 4.78 is 26.3. The molecule has 1 aliphatic carbocycles. The van der Waals surface area contributed by atoms with Crippen molar-refractivity contribution < 1.29 is 33.3 Å². The molecule has 3 aliphatic rings. The van der Waals surface area contributed by atoms with Gasteiger partial charge in [-0.3, -0.25) is 14.4 Å². The number of nitrogens with one attached hydrogen (secondary N) is 2. The molecule has 0 bridgehead atoms. The van der Waals surface area contributed by atoms with E-state index < -0.39 is 11.9 Å². The van der Waals surface area contributed by atoms with Gasteiger partial charge < -0.3 is 35.3 Å². The minimum atomic E-state index is -0.838. The Bertz CT molecular complexity index is 2110.